The van der Waals surface area contributed by atoms with E-state index in [1.165, 1.54) is 23.5 Å². The van der Waals surface area contributed by atoms with Gasteiger partial charge in [-0.3, -0.25) is 9.48 Å². The molecule has 7 nitrogen and oxygen atoms in total. The quantitative estimate of drug-likeness (QED) is 0.644. The number of Topliss-reactive ketones (excluding diaryl/α,β-unsaturated/α-hetero) is 1. The van der Waals surface area contributed by atoms with Crippen molar-refractivity contribution in [2.24, 2.45) is 40.4 Å². The molecule has 0 spiro atoms. The Bertz CT molecular complexity index is 957. The number of hydrogen-bond acceptors (Lipinski definition) is 5. The van der Waals surface area contributed by atoms with Crippen molar-refractivity contribution >= 4 is 11.8 Å². The number of ketones is 1. The molecule has 4 saturated carbocycles. The second-order valence-electron chi connectivity index (χ2n) is 12.4. The Kier molecular flexibility index (Phi) is 5.95. The van der Waals surface area contributed by atoms with Crippen LogP contribution in [-0.2, 0) is 16.1 Å². The van der Waals surface area contributed by atoms with E-state index in [-0.39, 0.29) is 34.6 Å². The molecule has 1 heterocycles. The average molecular weight is 473 g/mol. The standard InChI is InChI=1S/C27H40N2O5/c1-25(33)10-11-27(16-34-3)18(12-25)4-5-19-20-6-7-22(26(20,2)9-8-21(19)27)23(30)15-29-14-17(13-28-29)24(31)32/h13-14,18-22,33H,4-12,15-16H2,1-3H3,(H,31,32)/t18-,19-,20-,21-,22+,25+,26-,27+/m0/s1. The summed E-state index contributed by atoms with van der Waals surface area (Å²) in [7, 11) is 1.82. The zero-order valence-corrected chi connectivity index (χ0v) is 20.8. The molecule has 0 unspecified atom stereocenters. The summed E-state index contributed by atoms with van der Waals surface area (Å²) in [5.74, 6) is 1.48. The number of carbonyl (C=O) groups is 2. The normalized spacial score (nSPS) is 43.6. The van der Waals surface area contributed by atoms with Gasteiger partial charge in [0.1, 0.15) is 0 Å². The van der Waals surface area contributed by atoms with Gasteiger partial charge in [0.05, 0.1) is 30.5 Å². The number of aromatic carboxylic acids is 1. The Balaban J connectivity index is 1.35. The lowest BCUT2D eigenvalue weighted by molar-refractivity contribution is -0.175. The summed E-state index contributed by atoms with van der Waals surface area (Å²) in [6.45, 7) is 5.28. The number of methoxy groups -OCH3 is 1. The number of aliphatic hydroxyl groups is 1. The van der Waals surface area contributed by atoms with Crippen molar-refractivity contribution in [2.75, 3.05) is 13.7 Å². The summed E-state index contributed by atoms with van der Waals surface area (Å²) in [6.07, 6.45) is 12.1. The van der Waals surface area contributed by atoms with Gasteiger partial charge in [0.25, 0.3) is 0 Å². The molecule has 0 bridgehead atoms. The van der Waals surface area contributed by atoms with Crippen molar-refractivity contribution in [3.05, 3.63) is 18.0 Å². The van der Waals surface area contributed by atoms with Crippen LogP contribution in [0.5, 0.6) is 0 Å². The molecule has 1 aromatic rings. The summed E-state index contributed by atoms with van der Waals surface area (Å²) in [6, 6.07) is 0. The molecule has 34 heavy (non-hydrogen) atoms. The fourth-order valence-corrected chi connectivity index (χ4v) is 9.14. The van der Waals surface area contributed by atoms with Crippen molar-refractivity contribution in [1.82, 2.24) is 9.78 Å². The lowest BCUT2D eigenvalue weighted by Gasteiger charge is -2.62. The highest BCUT2D eigenvalue weighted by molar-refractivity contribution is 5.87. The van der Waals surface area contributed by atoms with E-state index in [0.29, 0.717) is 23.7 Å². The Morgan fingerprint density at radius 1 is 1.12 bits per heavy atom. The van der Waals surface area contributed by atoms with Gasteiger partial charge in [-0.1, -0.05) is 6.92 Å². The number of aromatic nitrogens is 2. The SMILES string of the molecule is COC[C@]12CC[C@@](C)(O)C[C@@H]1CC[C@H]1[C@@H]3CC[C@H](C(=O)Cn4cc(C(=O)O)cn4)[C@@]3(C)CC[C@@H]12. The van der Waals surface area contributed by atoms with Crippen molar-refractivity contribution < 1.29 is 24.5 Å². The maximum Gasteiger partial charge on any atom is 0.338 e. The lowest BCUT2D eigenvalue weighted by Crippen LogP contribution is -2.58. The minimum atomic E-state index is -1.02. The van der Waals surface area contributed by atoms with Gasteiger partial charge in [-0.25, -0.2) is 4.79 Å². The molecule has 1 aromatic heterocycles. The van der Waals surface area contributed by atoms with Gasteiger partial charge in [0, 0.05) is 19.2 Å². The number of carbonyl (C=O) groups excluding carboxylic acids is 1. The van der Waals surface area contributed by atoms with Crippen LogP contribution in [0.3, 0.4) is 0 Å². The summed E-state index contributed by atoms with van der Waals surface area (Å²) in [4.78, 5) is 24.6. The van der Waals surface area contributed by atoms with Crippen molar-refractivity contribution in [2.45, 2.75) is 83.8 Å². The predicted molar refractivity (Wildman–Crippen MR) is 126 cm³/mol. The lowest BCUT2D eigenvalue weighted by atomic mass is 9.43. The first kappa shape index (κ1) is 24.0. The third-order valence-corrected chi connectivity index (χ3v) is 10.7. The molecule has 188 valence electrons. The maximum atomic E-state index is 13.4. The monoisotopic (exact) mass is 472 g/mol. The average Bonchev–Trinajstić information content (AvgIpc) is 3.38. The van der Waals surface area contributed by atoms with Crippen molar-refractivity contribution in [1.29, 1.82) is 0 Å². The van der Waals surface area contributed by atoms with Crippen LogP contribution in [0.2, 0.25) is 0 Å². The maximum absolute atomic E-state index is 13.4. The number of carboxylic acid groups (broad SMARTS) is 1. The van der Waals surface area contributed by atoms with Crippen LogP contribution in [0, 0.1) is 40.4 Å². The first-order chi connectivity index (χ1) is 16.1. The summed E-state index contributed by atoms with van der Waals surface area (Å²) < 4.78 is 7.34. The van der Waals surface area contributed by atoms with E-state index in [4.69, 9.17) is 9.84 Å². The smallest absolute Gasteiger partial charge is 0.338 e. The number of rotatable bonds is 6. The molecule has 0 aliphatic heterocycles. The number of fused-ring (bicyclic) bond motifs is 5. The van der Waals surface area contributed by atoms with Gasteiger partial charge in [-0.15, -0.1) is 0 Å². The van der Waals surface area contributed by atoms with E-state index in [2.05, 4.69) is 12.0 Å². The Labute approximate surface area is 202 Å². The second kappa shape index (κ2) is 8.44. The van der Waals surface area contributed by atoms with Crippen LogP contribution in [0.25, 0.3) is 0 Å². The highest BCUT2D eigenvalue weighted by Gasteiger charge is 2.63. The molecule has 0 radical (unpaired) electrons. The molecule has 4 aliphatic rings. The van der Waals surface area contributed by atoms with Crippen LogP contribution in [0.1, 0.15) is 82.0 Å². The summed E-state index contributed by atoms with van der Waals surface area (Å²) in [5, 5.41) is 24.1. The fourth-order valence-electron chi connectivity index (χ4n) is 9.14. The largest absolute Gasteiger partial charge is 0.478 e. The number of ether oxygens (including phenoxy) is 1. The van der Waals surface area contributed by atoms with E-state index < -0.39 is 11.6 Å². The van der Waals surface area contributed by atoms with Gasteiger partial charge in [-0.2, -0.15) is 5.10 Å². The zero-order valence-electron chi connectivity index (χ0n) is 20.8. The van der Waals surface area contributed by atoms with Crippen molar-refractivity contribution in [3.63, 3.8) is 0 Å². The summed E-state index contributed by atoms with van der Waals surface area (Å²) >= 11 is 0. The Morgan fingerprint density at radius 3 is 2.62 bits per heavy atom. The second-order valence-corrected chi connectivity index (χ2v) is 12.4. The first-order valence-electron chi connectivity index (χ1n) is 13.1. The van der Waals surface area contributed by atoms with E-state index in [0.717, 1.165) is 58.0 Å². The van der Waals surface area contributed by atoms with E-state index in [1.807, 2.05) is 14.0 Å². The Morgan fingerprint density at radius 2 is 1.91 bits per heavy atom. The van der Waals surface area contributed by atoms with Crippen LogP contribution in [-0.4, -0.2) is 51.1 Å². The number of carboxylic acids is 1. The molecule has 0 aromatic carbocycles. The minimum absolute atomic E-state index is 0.00227. The summed E-state index contributed by atoms with van der Waals surface area (Å²) in [5.41, 5.74) is -0.278. The molecule has 7 heteroatoms. The van der Waals surface area contributed by atoms with Crippen molar-refractivity contribution in [3.8, 4) is 0 Å². The number of hydrogen-bond donors (Lipinski definition) is 2. The van der Waals surface area contributed by atoms with Gasteiger partial charge in [0.15, 0.2) is 5.78 Å². The molecule has 2 N–H and O–H groups in total. The first-order valence-corrected chi connectivity index (χ1v) is 13.1. The van der Waals surface area contributed by atoms with Crippen LogP contribution < -0.4 is 0 Å². The highest BCUT2D eigenvalue weighted by atomic mass is 16.5. The molecular weight excluding hydrogens is 432 g/mol. The van der Waals surface area contributed by atoms with Crippen LogP contribution >= 0.6 is 0 Å². The van der Waals surface area contributed by atoms with E-state index in [1.54, 1.807) is 0 Å². The Hall–Kier alpha value is -1.73. The molecule has 4 aliphatic carbocycles. The molecule has 0 amide bonds. The zero-order chi connectivity index (χ0) is 24.3. The van der Waals surface area contributed by atoms with Crippen LogP contribution in [0.4, 0.5) is 0 Å². The fraction of sp³-hybridized carbons (Fsp3) is 0.815. The van der Waals surface area contributed by atoms with Gasteiger partial charge in [-0.05, 0) is 99.2 Å². The highest BCUT2D eigenvalue weighted by Crippen LogP contribution is 2.68. The van der Waals surface area contributed by atoms with E-state index in [9.17, 15) is 14.7 Å². The number of nitrogens with zero attached hydrogens (tertiary/aromatic N) is 2. The van der Waals surface area contributed by atoms with E-state index >= 15 is 0 Å². The van der Waals surface area contributed by atoms with Crippen LogP contribution in [0.15, 0.2) is 12.4 Å². The third kappa shape index (κ3) is 3.74. The predicted octanol–water partition coefficient (Wildman–Crippen LogP) is 4.19. The van der Waals surface area contributed by atoms with Gasteiger partial charge >= 0.3 is 5.97 Å². The van der Waals surface area contributed by atoms with Gasteiger partial charge < -0.3 is 14.9 Å². The molecule has 4 fully saturated rings. The molecule has 0 saturated heterocycles. The molecule has 5 rings (SSSR count). The molecular formula is C27H40N2O5. The molecule has 8 atom stereocenters. The third-order valence-electron chi connectivity index (χ3n) is 10.7. The minimum Gasteiger partial charge on any atom is -0.478 e. The topological polar surface area (TPSA) is 102 Å². The van der Waals surface area contributed by atoms with Gasteiger partial charge in [0.2, 0.25) is 0 Å².